The Morgan fingerprint density at radius 2 is 1.82 bits per heavy atom. The van der Waals surface area contributed by atoms with Crippen LogP contribution in [0.5, 0.6) is 5.75 Å². The SMILES string of the molecule is COc1ccc(C(=O)Nc2ncc(-c3ccccc3)s2)cc1. The summed E-state index contributed by atoms with van der Waals surface area (Å²) in [5.41, 5.74) is 1.65. The normalized spacial score (nSPS) is 10.2. The van der Waals surface area contributed by atoms with E-state index in [4.69, 9.17) is 4.74 Å². The van der Waals surface area contributed by atoms with Crippen molar-refractivity contribution in [3.05, 3.63) is 66.4 Å². The van der Waals surface area contributed by atoms with Crippen molar-refractivity contribution in [1.29, 1.82) is 0 Å². The number of rotatable bonds is 4. The van der Waals surface area contributed by atoms with E-state index >= 15 is 0 Å². The average molecular weight is 310 g/mol. The van der Waals surface area contributed by atoms with Gasteiger partial charge in [-0.15, -0.1) is 0 Å². The van der Waals surface area contributed by atoms with E-state index in [2.05, 4.69) is 10.3 Å². The zero-order valence-corrected chi connectivity index (χ0v) is 12.8. The molecule has 5 heteroatoms. The van der Waals surface area contributed by atoms with Crippen molar-refractivity contribution in [2.24, 2.45) is 0 Å². The van der Waals surface area contributed by atoms with Crippen molar-refractivity contribution in [3.8, 4) is 16.2 Å². The highest BCUT2D eigenvalue weighted by Gasteiger charge is 2.10. The summed E-state index contributed by atoms with van der Waals surface area (Å²) in [4.78, 5) is 17.4. The first-order valence-electron chi connectivity index (χ1n) is 6.73. The minimum absolute atomic E-state index is 0.184. The molecule has 22 heavy (non-hydrogen) atoms. The maximum Gasteiger partial charge on any atom is 0.257 e. The van der Waals surface area contributed by atoms with Gasteiger partial charge < -0.3 is 4.74 Å². The Labute approximate surface area is 132 Å². The van der Waals surface area contributed by atoms with Crippen LogP contribution in [0.3, 0.4) is 0 Å². The molecular weight excluding hydrogens is 296 g/mol. The zero-order chi connectivity index (χ0) is 15.4. The third kappa shape index (κ3) is 3.15. The van der Waals surface area contributed by atoms with Crippen molar-refractivity contribution in [2.45, 2.75) is 0 Å². The molecule has 3 rings (SSSR count). The number of amides is 1. The minimum Gasteiger partial charge on any atom is -0.497 e. The van der Waals surface area contributed by atoms with Gasteiger partial charge in [0, 0.05) is 11.8 Å². The van der Waals surface area contributed by atoms with E-state index in [-0.39, 0.29) is 5.91 Å². The minimum atomic E-state index is -0.184. The van der Waals surface area contributed by atoms with Crippen LogP contribution in [-0.2, 0) is 0 Å². The van der Waals surface area contributed by atoms with Crippen LogP contribution in [0, 0.1) is 0 Å². The molecule has 1 heterocycles. The third-order valence-corrected chi connectivity index (χ3v) is 4.10. The Hall–Kier alpha value is -2.66. The molecule has 4 nitrogen and oxygen atoms in total. The summed E-state index contributed by atoms with van der Waals surface area (Å²) in [5, 5.41) is 3.40. The van der Waals surface area contributed by atoms with E-state index < -0.39 is 0 Å². The van der Waals surface area contributed by atoms with Gasteiger partial charge in [0.25, 0.3) is 5.91 Å². The van der Waals surface area contributed by atoms with Crippen LogP contribution in [-0.4, -0.2) is 18.0 Å². The highest BCUT2D eigenvalue weighted by Crippen LogP contribution is 2.28. The molecule has 2 aromatic carbocycles. The zero-order valence-electron chi connectivity index (χ0n) is 11.9. The first-order chi connectivity index (χ1) is 10.8. The number of hydrogen-bond donors (Lipinski definition) is 1. The number of benzene rings is 2. The molecule has 0 radical (unpaired) electrons. The van der Waals surface area contributed by atoms with Crippen molar-refractivity contribution in [2.75, 3.05) is 12.4 Å². The topological polar surface area (TPSA) is 51.2 Å². The highest BCUT2D eigenvalue weighted by atomic mass is 32.1. The van der Waals surface area contributed by atoms with E-state index in [1.807, 2.05) is 30.3 Å². The summed E-state index contributed by atoms with van der Waals surface area (Å²) in [5.74, 6) is 0.536. The lowest BCUT2D eigenvalue weighted by molar-refractivity contribution is 0.102. The summed E-state index contributed by atoms with van der Waals surface area (Å²) < 4.78 is 5.08. The number of anilines is 1. The Bertz CT molecular complexity index is 767. The predicted molar refractivity (Wildman–Crippen MR) is 88.5 cm³/mol. The van der Waals surface area contributed by atoms with Crippen LogP contribution in [0.2, 0.25) is 0 Å². The predicted octanol–water partition coefficient (Wildman–Crippen LogP) is 4.07. The smallest absolute Gasteiger partial charge is 0.257 e. The Morgan fingerprint density at radius 1 is 1.09 bits per heavy atom. The van der Waals surface area contributed by atoms with Crippen molar-refractivity contribution >= 4 is 22.4 Å². The number of carbonyl (C=O) groups is 1. The molecule has 0 aliphatic rings. The second-order valence-corrected chi connectivity index (χ2v) is 5.61. The Kier molecular flexibility index (Phi) is 4.16. The lowest BCUT2D eigenvalue weighted by Crippen LogP contribution is -2.11. The lowest BCUT2D eigenvalue weighted by Gasteiger charge is -2.03. The summed E-state index contributed by atoms with van der Waals surface area (Å²) in [6.07, 6.45) is 1.77. The Balaban J connectivity index is 1.73. The number of thiazole rings is 1. The van der Waals surface area contributed by atoms with Crippen molar-refractivity contribution < 1.29 is 9.53 Å². The number of carbonyl (C=O) groups excluding carboxylic acids is 1. The van der Waals surface area contributed by atoms with Crippen LogP contribution in [0.1, 0.15) is 10.4 Å². The fourth-order valence-corrected chi connectivity index (χ4v) is 2.80. The quantitative estimate of drug-likeness (QED) is 0.790. The van der Waals surface area contributed by atoms with Gasteiger partial charge in [-0.25, -0.2) is 4.98 Å². The molecule has 1 N–H and O–H groups in total. The van der Waals surface area contributed by atoms with E-state index in [9.17, 15) is 4.79 Å². The molecule has 0 atom stereocenters. The molecular formula is C17H14N2O2S. The number of nitrogens with one attached hydrogen (secondary N) is 1. The van der Waals surface area contributed by atoms with E-state index in [1.54, 1.807) is 37.6 Å². The van der Waals surface area contributed by atoms with Crippen molar-refractivity contribution in [3.63, 3.8) is 0 Å². The second-order valence-electron chi connectivity index (χ2n) is 4.58. The number of ether oxygens (including phenoxy) is 1. The molecule has 0 fully saturated rings. The molecule has 1 amide bonds. The molecule has 0 aliphatic carbocycles. The summed E-state index contributed by atoms with van der Waals surface area (Å²) in [6.45, 7) is 0. The average Bonchev–Trinajstić information content (AvgIpc) is 3.04. The van der Waals surface area contributed by atoms with Gasteiger partial charge in [0.15, 0.2) is 5.13 Å². The maximum absolute atomic E-state index is 12.2. The standard InChI is InChI=1S/C17H14N2O2S/c1-21-14-9-7-13(8-10-14)16(20)19-17-18-11-15(22-17)12-5-3-2-4-6-12/h2-11H,1H3,(H,18,19,20). The largest absolute Gasteiger partial charge is 0.497 e. The van der Waals surface area contributed by atoms with Gasteiger partial charge >= 0.3 is 0 Å². The van der Waals surface area contributed by atoms with Gasteiger partial charge in [0.1, 0.15) is 5.75 Å². The van der Waals surface area contributed by atoms with Crippen LogP contribution in [0.15, 0.2) is 60.8 Å². The molecule has 110 valence electrons. The summed E-state index contributed by atoms with van der Waals surface area (Å²) in [7, 11) is 1.59. The first-order valence-corrected chi connectivity index (χ1v) is 7.54. The van der Waals surface area contributed by atoms with E-state index in [1.165, 1.54) is 11.3 Å². The molecule has 0 saturated heterocycles. The number of aromatic nitrogens is 1. The lowest BCUT2D eigenvalue weighted by atomic mass is 10.2. The molecule has 1 aromatic heterocycles. The highest BCUT2D eigenvalue weighted by molar-refractivity contribution is 7.19. The molecule has 0 spiro atoms. The maximum atomic E-state index is 12.2. The fraction of sp³-hybridized carbons (Fsp3) is 0.0588. The van der Waals surface area contributed by atoms with E-state index in [0.29, 0.717) is 10.7 Å². The molecule has 0 aliphatic heterocycles. The second kappa shape index (κ2) is 6.41. The third-order valence-electron chi connectivity index (χ3n) is 3.14. The fourth-order valence-electron chi connectivity index (χ4n) is 1.98. The number of hydrogen-bond acceptors (Lipinski definition) is 4. The van der Waals surface area contributed by atoms with Gasteiger partial charge in [0.05, 0.1) is 12.0 Å². The monoisotopic (exact) mass is 310 g/mol. The van der Waals surface area contributed by atoms with Crippen LogP contribution in [0.25, 0.3) is 10.4 Å². The molecule has 0 unspecified atom stereocenters. The molecule has 0 saturated carbocycles. The summed E-state index contributed by atoms with van der Waals surface area (Å²) in [6, 6.07) is 16.9. The van der Waals surface area contributed by atoms with E-state index in [0.717, 1.165) is 16.2 Å². The first kappa shape index (κ1) is 14.3. The van der Waals surface area contributed by atoms with Crippen LogP contribution < -0.4 is 10.1 Å². The van der Waals surface area contributed by atoms with Crippen LogP contribution in [0.4, 0.5) is 5.13 Å². The van der Waals surface area contributed by atoms with Gasteiger partial charge in [-0.1, -0.05) is 41.7 Å². The van der Waals surface area contributed by atoms with Crippen LogP contribution >= 0.6 is 11.3 Å². The van der Waals surface area contributed by atoms with Gasteiger partial charge in [-0.3, -0.25) is 10.1 Å². The number of methoxy groups -OCH3 is 1. The Morgan fingerprint density at radius 3 is 2.50 bits per heavy atom. The molecule has 0 bridgehead atoms. The summed E-state index contributed by atoms with van der Waals surface area (Å²) >= 11 is 1.45. The van der Waals surface area contributed by atoms with Gasteiger partial charge in [0.2, 0.25) is 0 Å². The van der Waals surface area contributed by atoms with Crippen molar-refractivity contribution in [1.82, 2.24) is 4.98 Å². The molecule has 3 aromatic rings. The van der Waals surface area contributed by atoms with Gasteiger partial charge in [-0.05, 0) is 29.8 Å². The van der Waals surface area contributed by atoms with Gasteiger partial charge in [-0.2, -0.15) is 0 Å². The number of nitrogens with zero attached hydrogens (tertiary/aromatic N) is 1.